The Morgan fingerprint density at radius 1 is 1.26 bits per heavy atom. The number of hydrogen-bond acceptors (Lipinski definition) is 3. The van der Waals surface area contributed by atoms with Crippen LogP contribution >= 0.6 is 11.8 Å². The van der Waals surface area contributed by atoms with E-state index in [4.69, 9.17) is 0 Å². The maximum atomic E-state index is 9.51. The van der Waals surface area contributed by atoms with E-state index in [1.54, 1.807) is 0 Å². The lowest BCUT2D eigenvalue weighted by atomic mass is 9.93. The Hall–Kier alpha value is -0.420. The van der Waals surface area contributed by atoms with Crippen molar-refractivity contribution in [1.82, 2.24) is 10.6 Å². The average molecular weight is 287 g/mol. The van der Waals surface area contributed by atoms with Crippen LogP contribution in [0.5, 0.6) is 0 Å². The van der Waals surface area contributed by atoms with E-state index in [9.17, 15) is 5.11 Å². The highest BCUT2D eigenvalue weighted by Gasteiger charge is 2.19. The molecule has 0 spiro atoms. The molecule has 3 N–H and O–H groups in total. The first-order valence-electron chi connectivity index (χ1n) is 7.48. The molecule has 1 rings (SSSR count). The molecule has 0 unspecified atom stereocenters. The van der Waals surface area contributed by atoms with Crippen LogP contribution in [0.3, 0.4) is 0 Å². The summed E-state index contributed by atoms with van der Waals surface area (Å²) in [5.74, 6) is 2.16. The van der Waals surface area contributed by atoms with Crippen molar-refractivity contribution in [1.29, 1.82) is 0 Å². The van der Waals surface area contributed by atoms with Crippen LogP contribution in [0.1, 0.15) is 45.4 Å². The molecule has 0 atom stereocenters. The van der Waals surface area contributed by atoms with Crippen molar-refractivity contribution in [2.45, 2.75) is 57.6 Å². The highest BCUT2D eigenvalue weighted by molar-refractivity contribution is 7.98. The zero-order valence-corrected chi connectivity index (χ0v) is 13.1. The fourth-order valence-corrected chi connectivity index (χ4v) is 2.78. The van der Waals surface area contributed by atoms with Crippen molar-refractivity contribution in [2.24, 2.45) is 4.99 Å². The number of hydrogen-bond donors (Lipinski definition) is 3. The van der Waals surface area contributed by atoms with Gasteiger partial charge in [-0.15, -0.1) is 0 Å². The van der Waals surface area contributed by atoms with E-state index in [1.165, 1.54) is 12.2 Å². The first kappa shape index (κ1) is 16.6. The van der Waals surface area contributed by atoms with Crippen LogP contribution in [-0.4, -0.2) is 48.3 Å². The highest BCUT2D eigenvalue weighted by atomic mass is 32.2. The van der Waals surface area contributed by atoms with Crippen molar-refractivity contribution in [3.05, 3.63) is 0 Å². The molecule has 1 aliphatic rings. The van der Waals surface area contributed by atoms with E-state index < -0.39 is 0 Å². The van der Waals surface area contributed by atoms with Crippen LogP contribution in [0.15, 0.2) is 4.99 Å². The molecule has 0 heterocycles. The molecule has 0 aromatic heterocycles. The standard InChI is InChI=1S/C14H29N3OS/c1-3-15-14(16-10-4-5-11-19-2)17-12-6-8-13(18)9-7-12/h12-13,18H,3-11H2,1-2H3,(H2,15,16,17). The van der Waals surface area contributed by atoms with Gasteiger partial charge in [-0.1, -0.05) is 0 Å². The average Bonchev–Trinajstić information content (AvgIpc) is 2.41. The predicted octanol–water partition coefficient (Wildman–Crippen LogP) is 1.99. The Morgan fingerprint density at radius 3 is 2.63 bits per heavy atom. The van der Waals surface area contributed by atoms with E-state index >= 15 is 0 Å². The number of unbranched alkanes of at least 4 members (excludes halogenated alkanes) is 1. The van der Waals surface area contributed by atoms with Gasteiger partial charge in [-0.25, -0.2) is 0 Å². The maximum Gasteiger partial charge on any atom is 0.191 e. The fraction of sp³-hybridized carbons (Fsp3) is 0.929. The van der Waals surface area contributed by atoms with E-state index in [2.05, 4.69) is 28.8 Å². The van der Waals surface area contributed by atoms with Crippen molar-refractivity contribution in [3.8, 4) is 0 Å². The molecule has 5 heteroatoms. The minimum Gasteiger partial charge on any atom is -0.393 e. The Labute approximate surface area is 121 Å². The van der Waals surface area contributed by atoms with E-state index in [0.29, 0.717) is 6.04 Å². The van der Waals surface area contributed by atoms with Crippen LogP contribution < -0.4 is 10.6 Å². The largest absolute Gasteiger partial charge is 0.393 e. The Morgan fingerprint density at radius 2 is 2.00 bits per heavy atom. The lowest BCUT2D eigenvalue weighted by Gasteiger charge is -2.27. The first-order chi connectivity index (χ1) is 9.26. The maximum absolute atomic E-state index is 9.51. The Balaban J connectivity index is 2.28. The second-order valence-corrected chi connectivity index (χ2v) is 6.10. The van der Waals surface area contributed by atoms with Crippen molar-refractivity contribution >= 4 is 17.7 Å². The molecule has 1 fully saturated rings. The molecule has 112 valence electrons. The minimum absolute atomic E-state index is 0.0934. The number of aliphatic imine (C=N–C) groups is 1. The molecule has 0 radical (unpaired) electrons. The van der Waals surface area contributed by atoms with Gasteiger partial charge in [0.05, 0.1) is 6.10 Å². The highest BCUT2D eigenvalue weighted by Crippen LogP contribution is 2.18. The normalized spacial score (nSPS) is 24.3. The lowest BCUT2D eigenvalue weighted by molar-refractivity contribution is 0.120. The smallest absolute Gasteiger partial charge is 0.191 e. The second kappa shape index (κ2) is 10.4. The van der Waals surface area contributed by atoms with Gasteiger partial charge in [-0.05, 0) is 57.5 Å². The summed E-state index contributed by atoms with van der Waals surface area (Å²) in [6.45, 7) is 3.88. The Kier molecular flexibility index (Phi) is 9.08. The summed E-state index contributed by atoms with van der Waals surface area (Å²) in [5.41, 5.74) is 0. The quantitative estimate of drug-likeness (QED) is 0.381. The van der Waals surface area contributed by atoms with Gasteiger partial charge >= 0.3 is 0 Å². The molecular formula is C14H29N3OS. The summed E-state index contributed by atoms with van der Waals surface area (Å²) in [4.78, 5) is 4.62. The molecule has 0 aromatic carbocycles. The zero-order chi connectivity index (χ0) is 13.9. The van der Waals surface area contributed by atoms with Crippen LogP contribution in [0.2, 0.25) is 0 Å². The van der Waals surface area contributed by atoms with Gasteiger partial charge in [0.2, 0.25) is 0 Å². The molecule has 0 bridgehead atoms. The van der Waals surface area contributed by atoms with E-state index in [1.807, 2.05) is 11.8 Å². The summed E-state index contributed by atoms with van der Waals surface area (Å²) in [7, 11) is 0. The first-order valence-corrected chi connectivity index (χ1v) is 8.87. The topological polar surface area (TPSA) is 56.7 Å². The number of rotatable bonds is 7. The molecule has 0 amide bonds. The molecule has 0 aromatic rings. The molecule has 19 heavy (non-hydrogen) atoms. The SMILES string of the molecule is CCNC(=NCCCCSC)NC1CCC(O)CC1. The van der Waals surface area contributed by atoms with E-state index in [0.717, 1.165) is 51.2 Å². The van der Waals surface area contributed by atoms with Crippen molar-refractivity contribution in [3.63, 3.8) is 0 Å². The number of aliphatic hydroxyl groups excluding tert-OH is 1. The van der Waals surface area contributed by atoms with E-state index in [-0.39, 0.29) is 6.10 Å². The van der Waals surface area contributed by atoms with Crippen molar-refractivity contribution < 1.29 is 5.11 Å². The fourth-order valence-electron chi connectivity index (χ4n) is 2.28. The predicted molar refractivity (Wildman–Crippen MR) is 85.0 cm³/mol. The van der Waals surface area contributed by atoms with Crippen LogP contribution in [0.25, 0.3) is 0 Å². The number of aliphatic hydroxyl groups is 1. The molecular weight excluding hydrogens is 258 g/mol. The summed E-state index contributed by atoms with van der Waals surface area (Å²) < 4.78 is 0. The van der Waals surface area contributed by atoms with Crippen molar-refractivity contribution in [2.75, 3.05) is 25.1 Å². The third-order valence-electron chi connectivity index (χ3n) is 3.41. The summed E-state index contributed by atoms with van der Waals surface area (Å²) >= 11 is 1.90. The molecule has 0 aliphatic heterocycles. The molecule has 0 saturated heterocycles. The van der Waals surface area contributed by atoms with Gasteiger partial charge in [0.15, 0.2) is 5.96 Å². The van der Waals surface area contributed by atoms with Gasteiger partial charge < -0.3 is 15.7 Å². The third-order valence-corrected chi connectivity index (χ3v) is 4.11. The second-order valence-electron chi connectivity index (χ2n) is 5.11. The monoisotopic (exact) mass is 287 g/mol. The number of guanidine groups is 1. The zero-order valence-electron chi connectivity index (χ0n) is 12.3. The van der Waals surface area contributed by atoms with Gasteiger partial charge in [0.25, 0.3) is 0 Å². The summed E-state index contributed by atoms with van der Waals surface area (Å²) in [6, 6.07) is 0.465. The van der Waals surface area contributed by atoms with Crippen LogP contribution in [0.4, 0.5) is 0 Å². The molecule has 1 saturated carbocycles. The Bertz CT molecular complexity index is 253. The molecule has 4 nitrogen and oxygen atoms in total. The number of nitrogens with zero attached hydrogens (tertiary/aromatic N) is 1. The number of nitrogens with one attached hydrogen (secondary N) is 2. The minimum atomic E-state index is -0.0934. The number of thioether (sulfide) groups is 1. The van der Waals surface area contributed by atoms with Gasteiger partial charge in [0.1, 0.15) is 0 Å². The van der Waals surface area contributed by atoms with Gasteiger partial charge in [-0.2, -0.15) is 11.8 Å². The van der Waals surface area contributed by atoms with Gasteiger partial charge in [0, 0.05) is 19.1 Å². The van der Waals surface area contributed by atoms with Crippen LogP contribution in [-0.2, 0) is 0 Å². The molecule has 1 aliphatic carbocycles. The summed E-state index contributed by atoms with van der Waals surface area (Å²) in [5, 5.41) is 16.3. The van der Waals surface area contributed by atoms with Gasteiger partial charge in [-0.3, -0.25) is 4.99 Å². The lowest BCUT2D eigenvalue weighted by Crippen LogP contribution is -2.45. The summed E-state index contributed by atoms with van der Waals surface area (Å²) in [6.07, 6.45) is 8.34. The third kappa shape index (κ3) is 7.67. The van der Waals surface area contributed by atoms with Crippen LogP contribution in [0, 0.1) is 0 Å².